The van der Waals surface area contributed by atoms with Crippen LogP contribution in [0, 0.1) is 0 Å². The van der Waals surface area contributed by atoms with Crippen LogP contribution < -0.4 is 10.6 Å². The lowest BCUT2D eigenvalue weighted by Crippen LogP contribution is -2.31. The Labute approximate surface area is 82.5 Å². The quantitative estimate of drug-likeness (QED) is 0.681. The van der Waals surface area contributed by atoms with E-state index in [-0.39, 0.29) is 5.91 Å². The first-order valence-corrected chi connectivity index (χ1v) is 4.86. The third-order valence-electron chi connectivity index (χ3n) is 2.32. The van der Waals surface area contributed by atoms with Gasteiger partial charge in [-0.25, -0.2) is 4.98 Å². The van der Waals surface area contributed by atoms with E-state index >= 15 is 0 Å². The molecule has 2 heterocycles. The van der Waals surface area contributed by atoms with Gasteiger partial charge in [0.15, 0.2) is 5.69 Å². The molecule has 14 heavy (non-hydrogen) atoms. The Hall–Kier alpha value is -1.36. The van der Waals surface area contributed by atoms with E-state index in [0.29, 0.717) is 12.2 Å². The summed E-state index contributed by atoms with van der Waals surface area (Å²) in [6.45, 7) is 5.10. The van der Waals surface area contributed by atoms with Crippen molar-refractivity contribution in [3.05, 3.63) is 17.7 Å². The van der Waals surface area contributed by atoms with Crippen molar-refractivity contribution >= 4 is 5.91 Å². The number of hydrogen-bond acceptors (Lipinski definition) is 3. The normalized spacial score (nSPS) is 14.9. The number of hydrogen-bond donors (Lipinski definition) is 2. The minimum Gasteiger partial charge on any atom is -0.351 e. The SMILES string of the molecule is CCNC(=O)c1ncn2c1CNCC2. The minimum absolute atomic E-state index is 0.0787. The van der Waals surface area contributed by atoms with E-state index in [4.69, 9.17) is 0 Å². The number of fused-ring (bicyclic) bond motifs is 1. The first-order chi connectivity index (χ1) is 6.83. The number of imidazole rings is 1. The average Bonchev–Trinajstić information content (AvgIpc) is 2.61. The summed E-state index contributed by atoms with van der Waals surface area (Å²) in [6, 6.07) is 0. The van der Waals surface area contributed by atoms with Gasteiger partial charge in [0.1, 0.15) is 0 Å². The number of nitrogens with one attached hydrogen (secondary N) is 2. The lowest BCUT2D eigenvalue weighted by atomic mass is 10.2. The van der Waals surface area contributed by atoms with Gasteiger partial charge in [0, 0.05) is 26.2 Å². The Bertz CT molecular complexity index is 345. The second kappa shape index (κ2) is 3.79. The van der Waals surface area contributed by atoms with Gasteiger partial charge < -0.3 is 15.2 Å². The molecule has 0 unspecified atom stereocenters. The van der Waals surface area contributed by atoms with E-state index < -0.39 is 0 Å². The molecule has 1 aliphatic heterocycles. The van der Waals surface area contributed by atoms with Crippen molar-refractivity contribution in [3.63, 3.8) is 0 Å². The molecule has 0 bridgehead atoms. The van der Waals surface area contributed by atoms with Crippen molar-refractivity contribution < 1.29 is 4.79 Å². The van der Waals surface area contributed by atoms with Gasteiger partial charge in [-0.3, -0.25) is 4.79 Å². The molecule has 2 N–H and O–H groups in total. The highest BCUT2D eigenvalue weighted by Crippen LogP contribution is 2.10. The van der Waals surface area contributed by atoms with E-state index in [1.165, 1.54) is 0 Å². The van der Waals surface area contributed by atoms with E-state index in [1.807, 2.05) is 11.5 Å². The number of carbonyl (C=O) groups excluding carboxylic acids is 1. The smallest absolute Gasteiger partial charge is 0.271 e. The maximum atomic E-state index is 11.6. The van der Waals surface area contributed by atoms with Crippen molar-refractivity contribution in [3.8, 4) is 0 Å². The number of nitrogens with zero attached hydrogens (tertiary/aromatic N) is 2. The first kappa shape index (κ1) is 9.21. The fourth-order valence-corrected chi connectivity index (χ4v) is 1.63. The Morgan fingerprint density at radius 2 is 2.64 bits per heavy atom. The lowest BCUT2D eigenvalue weighted by molar-refractivity contribution is 0.0949. The average molecular weight is 194 g/mol. The van der Waals surface area contributed by atoms with E-state index in [1.54, 1.807) is 6.33 Å². The van der Waals surface area contributed by atoms with Crippen LogP contribution >= 0.6 is 0 Å². The molecule has 0 atom stereocenters. The van der Waals surface area contributed by atoms with Crippen LogP contribution in [0.2, 0.25) is 0 Å². The molecular formula is C9H14N4O. The highest BCUT2D eigenvalue weighted by Gasteiger charge is 2.18. The summed E-state index contributed by atoms with van der Waals surface area (Å²) < 4.78 is 2.03. The molecule has 76 valence electrons. The molecular weight excluding hydrogens is 180 g/mol. The van der Waals surface area contributed by atoms with Crippen LogP contribution in [0.1, 0.15) is 23.1 Å². The second-order valence-electron chi connectivity index (χ2n) is 3.27. The summed E-state index contributed by atoms with van der Waals surface area (Å²) in [7, 11) is 0. The van der Waals surface area contributed by atoms with Crippen LogP contribution in [0.4, 0.5) is 0 Å². The minimum atomic E-state index is -0.0787. The van der Waals surface area contributed by atoms with E-state index in [9.17, 15) is 4.79 Å². The number of carbonyl (C=O) groups is 1. The first-order valence-electron chi connectivity index (χ1n) is 4.86. The zero-order valence-corrected chi connectivity index (χ0v) is 8.21. The van der Waals surface area contributed by atoms with Gasteiger partial charge in [-0.1, -0.05) is 0 Å². The highest BCUT2D eigenvalue weighted by molar-refractivity contribution is 5.93. The van der Waals surface area contributed by atoms with Crippen molar-refractivity contribution in [1.82, 2.24) is 20.2 Å². The summed E-state index contributed by atoms with van der Waals surface area (Å²) in [5.41, 5.74) is 1.54. The summed E-state index contributed by atoms with van der Waals surface area (Å²) in [6.07, 6.45) is 1.74. The third-order valence-corrected chi connectivity index (χ3v) is 2.32. The number of aromatic nitrogens is 2. The predicted octanol–water partition coefficient (Wildman–Crippen LogP) is -0.264. The Morgan fingerprint density at radius 1 is 1.79 bits per heavy atom. The highest BCUT2D eigenvalue weighted by atomic mass is 16.1. The van der Waals surface area contributed by atoms with Crippen LogP contribution in [0.3, 0.4) is 0 Å². The molecule has 1 amide bonds. The van der Waals surface area contributed by atoms with Crippen LogP contribution in [-0.2, 0) is 13.1 Å². The Morgan fingerprint density at radius 3 is 3.43 bits per heavy atom. The second-order valence-corrected chi connectivity index (χ2v) is 3.27. The summed E-state index contributed by atoms with van der Waals surface area (Å²) in [5.74, 6) is -0.0787. The summed E-state index contributed by atoms with van der Waals surface area (Å²) in [4.78, 5) is 15.7. The largest absolute Gasteiger partial charge is 0.351 e. The van der Waals surface area contributed by atoms with Crippen molar-refractivity contribution in [2.24, 2.45) is 0 Å². The standard InChI is InChI=1S/C9H14N4O/c1-2-11-9(14)8-7-5-10-3-4-13(7)6-12-8/h6,10H,2-5H2,1H3,(H,11,14). The van der Waals surface area contributed by atoms with Crippen LogP contribution in [0.25, 0.3) is 0 Å². The van der Waals surface area contributed by atoms with Crippen molar-refractivity contribution in [2.75, 3.05) is 13.1 Å². The molecule has 1 aromatic rings. The maximum Gasteiger partial charge on any atom is 0.271 e. The monoisotopic (exact) mass is 194 g/mol. The van der Waals surface area contributed by atoms with Crippen molar-refractivity contribution in [1.29, 1.82) is 0 Å². The van der Waals surface area contributed by atoms with Gasteiger partial charge in [0.2, 0.25) is 0 Å². The topological polar surface area (TPSA) is 59.0 Å². The molecule has 0 radical (unpaired) electrons. The van der Waals surface area contributed by atoms with Crippen LogP contribution in [-0.4, -0.2) is 28.5 Å². The molecule has 0 fully saturated rings. The molecule has 0 saturated carbocycles. The molecule has 0 saturated heterocycles. The Kier molecular flexibility index (Phi) is 2.49. The zero-order chi connectivity index (χ0) is 9.97. The third kappa shape index (κ3) is 1.50. The zero-order valence-electron chi connectivity index (χ0n) is 8.21. The molecule has 5 heteroatoms. The molecule has 5 nitrogen and oxygen atoms in total. The predicted molar refractivity (Wildman–Crippen MR) is 51.9 cm³/mol. The lowest BCUT2D eigenvalue weighted by Gasteiger charge is -2.16. The van der Waals surface area contributed by atoms with Crippen LogP contribution in [0.15, 0.2) is 6.33 Å². The van der Waals surface area contributed by atoms with Gasteiger partial charge in [0.05, 0.1) is 12.0 Å². The molecule has 1 aromatic heterocycles. The molecule has 1 aliphatic rings. The van der Waals surface area contributed by atoms with Crippen molar-refractivity contribution in [2.45, 2.75) is 20.0 Å². The van der Waals surface area contributed by atoms with Gasteiger partial charge >= 0.3 is 0 Å². The van der Waals surface area contributed by atoms with E-state index in [2.05, 4.69) is 15.6 Å². The van der Waals surface area contributed by atoms with Gasteiger partial charge in [-0.05, 0) is 6.92 Å². The Balaban J connectivity index is 2.25. The molecule has 2 rings (SSSR count). The fraction of sp³-hybridized carbons (Fsp3) is 0.556. The van der Waals surface area contributed by atoms with E-state index in [0.717, 1.165) is 25.3 Å². The summed E-state index contributed by atoms with van der Waals surface area (Å²) in [5, 5.41) is 5.98. The van der Waals surface area contributed by atoms with Crippen LogP contribution in [0.5, 0.6) is 0 Å². The summed E-state index contributed by atoms with van der Waals surface area (Å²) >= 11 is 0. The molecule has 0 aromatic carbocycles. The number of rotatable bonds is 2. The fourth-order valence-electron chi connectivity index (χ4n) is 1.63. The van der Waals surface area contributed by atoms with Gasteiger partial charge in [-0.2, -0.15) is 0 Å². The van der Waals surface area contributed by atoms with Gasteiger partial charge in [0.25, 0.3) is 5.91 Å². The molecule has 0 aliphatic carbocycles. The maximum absolute atomic E-state index is 11.6. The van der Waals surface area contributed by atoms with Gasteiger partial charge in [-0.15, -0.1) is 0 Å². The molecule has 0 spiro atoms. The number of amides is 1.